The molecular formula is C11H23NO4. The number of ether oxygens (including phenoxy) is 4. The molecule has 0 atom stereocenters. The van der Waals surface area contributed by atoms with E-state index in [0.29, 0.717) is 39.6 Å². The molecule has 0 spiro atoms. The van der Waals surface area contributed by atoms with Crippen molar-refractivity contribution in [3.8, 4) is 0 Å². The molecule has 0 aliphatic carbocycles. The molecule has 0 aromatic heterocycles. The molecule has 0 saturated carbocycles. The third-order valence-electron chi connectivity index (χ3n) is 2.35. The summed E-state index contributed by atoms with van der Waals surface area (Å²) in [5.41, 5.74) is 0. The summed E-state index contributed by atoms with van der Waals surface area (Å²) >= 11 is 0. The molecule has 1 fully saturated rings. The van der Waals surface area contributed by atoms with Gasteiger partial charge in [0.05, 0.1) is 52.9 Å². The predicted molar refractivity (Wildman–Crippen MR) is 60.8 cm³/mol. The Morgan fingerprint density at radius 2 is 0.875 bits per heavy atom. The van der Waals surface area contributed by atoms with Gasteiger partial charge in [-0.15, -0.1) is 0 Å². The van der Waals surface area contributed by atoms with Crippen molar-refractivity contribution in [1.82, 2.24) is 4.90 Å². The van der Waals surface area contributed by atoms with Crippen molar-refractivity contribution in [2.24, 2.45) is 0 Å². The number of rotatable bonds is 0. The topological polar surface area (TPSA) is 40.2 Å². The van der Waals surface area contributed by atoms with Crippen LogP contribution in [0.2, 0.25) is 0 Å². The lowest BCUT2D eigenvalue weighted by atomic mass is 10.5. The molecule has 96 valence electrons. The van der Waals surface area contributed by atoms with E-state index in [2.05, 4.69) is 11.9 Å². The van der Waals surface area contributed by atoms with Crippen molar-refractivity contribution in [1.29, 1.82) is 0 Å². The average molecular weight is 233 g/mol. The third-order valence-corrected chi connectivity index (χ3v) is 2.35. The molecule has 0 amide bonds. The minimum atomic E-state index is 0.628. The van der Waals surface area contributed by atoms with Gasteiger partial charge in [-0.25, -0.2) is 0 Å². The van der Waals surface area contributed by atoms with Crippen LogP contribution in [0, 0.1) is 0 Å². The molecule has 5 heteroatoms. The highest BCUT2D eigenvalue weighted by atomic mass is 16.6. The average Bonchev–Trinajstić information content (AvgIpc) is 2.29. The van der Waals surface area contributed by atoms with Gasteiger partial charge in [0, 0.05) is 13.1 Å². The van der Waals surface area contributed by atoms with Crippen molar-refractivity contribution >= 4 is 0 Å². The highest BCUT2D eigenvalue weighted by Gasteiger charge is 1.99. The Balaban J connectivity index is 2.10. The van der Waals surface area contributed by atoms with E-state index in [0.717, 1.165) is 26.3 Å². The zero-order valence-corrected chi connectivity index (χ0v) is 10.2. The van der Waals surface area contributed by atoms with Gasteiger partial charge < -0.3 is 23.8 Å². The van der Waals surface area contributed by atoms with Gasteiger partial charge in [0.2, 0.25) is 0 Å². The summed E-state index contributed by atoms with van der Waals surface area (Å²) < 4.78 is 21.5. The first-order valence-corrected chi connectivity index (χ1v) is 5.89. The van der Waals surface area contributed by atoms with E-state index in [1.54, 1.807) is 0 Å². The first kappa shape index (κ1) is 13.9. The normalized spacial score (nSPS) is 24.6. The Hall–Kier alpha value is -0.200. The van der Waals surface area contributed by atoms with Crippen molar-refractivity contribution in [3.63, 3.8) is 0 Å². The molecule has 1 rings (SSSR count). The largest absolute Gasteiger partial charge is 0.378 e. The zero-order chi connectivity index (χ0) is 11.5. The molecule has 0 bridgehead atoms. The number of hydrogen-bond donors (Lipinski definition) is 0. The molecule has 16 heavy (non-hydrogen) atoms. The second kappa shape index (κ2) is 9.99. The van der Waals surface area contributed by atoms with E-state index >= 15 is 0 Å². The molecule has 1 aliphatic rings. The van der Waals surface area contributed by atoms with E-state index in [4.69, 9.17) is 18.9 Å². The van der Waals surface area contributed by atoms with Crippen LogP contribution < -0.4 is 0 Å². The van der Waals surface area contributed by atoms with Crippen LogP contribution >= 0.6 is 0 Å². The summed E-state index contributed by atoms with van der Waals surface area (Å²) in [4.78, 5) is 2.20. The molecule has 0 N–H and O–H groups in total. The summed E-state index contributed by atoms with van der Waals surface area (Å²) in [5.74, 6) is 0. The van der Waals surface area contributed by atoms with Crippen LogP contribution in [0.3, 0.4) is 0 Å². The quantitative estimate of drug-likeness (QED) is 0.589. The van der Waals surface area contributed by atoms with E-state index in [1.165, 1.54) is 0 Å². The first-order valence-electron chi connectivity index (χ1n) is 5.89. The fourth-order valence-electron chi connectivity index (χ4n) is 1.31. The van der Waals surface area contributed by atoms with Crippen LogP contribution in [0.25, 0.3) is 0 Å². The maximum Gasteiger partial charge on any atom is 0.0701 e. The Morgan fingerprint density at radius 3 is 1.25 bits per heavy atom. The van der Waals surface area contributed by atoms with Crippen LogP contribution in [0.15, 0.2) is 0 Å². The van der Waals surface area contributed by atoms with Gasteiger partial charge in [-0.3, -0.25) is 0 Å². The molecule has 1 aliphatic heterocycles. The van der Waals surface area contributed by atoms with Crippen LogP contribution in [0.5, 0.6) is 0 Å². The van der Waals surface area contributed by atoms with E-state index in [1.807, 2.05) is 0 Å². The lowest BCUT2D eigenvalue weighted by Crippen LogP contribution is -2.27. The number of likely N-dealkylation sites (N-methyl/N-ethyl adjacent to an activating group) is 1. The monoisotopic (exact) mass is 233 g/mol. The summed E-state index contributed by atoms with van der Waals surface area (Å²) in [6.45, 7) is 7.21. The first-order chi connectivity index (χ1) is 7.89. The molecule has 0 aromatic carbocycles. The Labute approximate surface area is 97.6 Å². The van der Waals surface area contributed by atoms with Crippen LogP contribution in [-0.4, -0.2) is 77.9 Å². The van der Waals surface area contributed by atoms with Crippen LogP contribution in [0.4, 0.5) is 0 Å². The molecule has 1 saturated heterocycles. The summed E-state index contributed by atoms with van der Waals surface area (Å²) in [6.07, 6.45) is 0. The van der Waals surface area contributed by atoms with Gasteiger partial charge in [0.25, 0.3) is 0 Å². The van der Waals surface area contributed by atoms with Gasteiger partial charge in [-0.1, -0.05) is 0 Å². The standard InChI is InChI=1S/C11H23NO4/c1-12-2-4-13-6-8-15-10-11-16-9-7-14-5-3-12/h2-11H2,1H3. The fraction of sp³-hybridized carbons (Fsp3) is 1.00. The van der Waals surface area contributed by atoms with E-state index in [-0.39, 0.29) is 0 Å². The van der Waals surface area contributed by atoms with Crippen LogP contribution in [-0.2, 0) is 18.9 Å². The predicted octanol–water partition coefficient (Wildman–Crippen LogP) is -0.00180. The molecule has 0 unspecified atom stereocenters. The van der Waals surface area contributed by atoms with Crippen molar-refractivity contribution in [2.45, 2.75) is 0 Å². The van der Waals surface area contributed by atoms with Gasteiger partial charge in [0.15, 0.2) is 0 Å². The van der Waals surface area contributed by atoms with Gasteiger partial charge >= 0.3 is 0 Å². The zero-order valence-electron chi connectivity index (χ0n) is 10.2. The summed E-state index contributed by atoms with van der Waals surface area (Å²) in [6, 6.07) is 0. The number of nitrogens with zero attached hydrogens (tertiary/aromatic N) is 1. The summed E-state index contributed by atoms with van der Waals surface area (Å²) in [5, 5.41) is 0. The Morgan fingerprint density at radius 1 is 0.562 bits per heavy atom. The molecule has 0 radical (unpaired) electrons. The van der Waals surface area contributed by atoms with Gasteiger partial charge in [0.1, 0.15) is 0 Å². The van der Waals surface area contributed by atoms with Crippen molar-refractivity contribution in [3.05, 3.63) is 0 Å². The lowest BCUT2D eigenvalue weighted by Gasteiger charge is -2.16. The summed E-state index contributed by atoms with van der Waals surface area (Å²) in [7, 11) is 2.07. The molecule has 5 nitrogen and oxygen atoms in total. The molecule has 0 aromatic rings. The highest BCUT2D eigenvalue weighted by molar-refractivity contribution is 4.49. The molecular weight excluding hydrogens is 210 g/mol. The van der Waals surface area contributed by atoms with Crippen molar-refractivity contribution in [2.75, 3.05) is 73.0 Å². The number of hydrogen-bond acceptors (Lipinski definition) is 5. The maximum atomic E-state index is 5.43. The van der Waals surface area contributed by atoms with Gasteiger partial charge in [-0.2, -0.15) is 0 Å². The second-order valence-electron chi connectivity index (χ2n) is 3.75. The van der Waals surface area contributed by atoms with Crippen LogP contribution in [0.1, 0.15) is 0 Å². The maximum absolute atomic E-state index is 5.43. The Kier molecular flexibility index (Phi) is 8.65. The SMILES string of the molecule is CN1CCOCCOCCOCCOCC1. The highest BCUT2D eigenvalue weighted by Crippen LogP contribution is 1.88. The van der Waals surface area contributed by atoms with Crippen molar-refractivity contribution < 1.29 is 18.9 Å². The van der Waals surface area contributed by atoms with Gasteiger partial charge in [-0.05, 0) is 7.05 Å². The van der Waals surface area contributed by atoms with E-state index in [9.17, 15) is 0 Å². The third kappa shape index (κ3) is 8.01. The smallest absolute Gasteiger partial charge is 0.0701 e. The Bertz CT molecular complexity index is 141. The molecule has 1 heterocycles. The van der Waals surface area contributed by atoms with E-state index < -0.39 is 0 Å². The minimum Gasteiger partial charge on any atom is -0.378 e. The second-order valence-corrected chi connectivity index (χ2v) is 3.75. The lowest BCUT2D eigenvalue weighted by molar-refractivity contribution is 0.00206. The fourth-order valence-corrected chi connectivity index (χ4v) is 1.31. The minimum absolute atomic E-state index is 0.628.